The lowest BCUT2D eigenvalue weighted by Gasteiger charge is -2.31. The maximum atomic E-state index is 12.9. The van der Waals surface area contributed by atoms with Gasteiger partial charge in [-0.25, -0.2) is 13.1 Å². The van der Waals surface area contributed by atoms with Crippen LogP contribution in [0.5, 0.6) is 0 Å². The van der Waals surface area contributed by atoms with Gasteiger partial charge >= 0.3 is 0 Å². The minimum absolute atomic E-state index is 0.174. The first-order valence-corrected chi connectivity index (χ1v) is 10.9. The predicted molar refractivity (Wildman–Crippen MR) is 110 cm³/mol. The largest absolute Gasteiger partial charge is 0.324 e. The fraction of sp³-hybridized carbons (Fsp3) is 0.238. The minimum Gasteiger partial charge on any atom is -0.324 e. The fourth-order valence-electron chi connectivity index (χ4n) is 3.54. The first-order chi connectivity index (χ1) is 14.1. The van der Waals surface area contributed by atoms with Crippen LogP contribution < -0.4 is 5.32 Å². The lowest BCUT2D eigenvalue weighted by molar-refractivity contribution is -0.120. The molecule has 2 aromatic carbocycles. The first-order valence-electron chi connectivity index (χ1n) is 9.51. The van der Waals surface area contributed by atoms with E-state index in [1.165, 1.54) is 4.31 Å². The maximum Gasteiger partial charge on any atom is 0.243 e. The lowest BCUT2D eigenvalue weighted by atomic mass is 9.98. The highest BCUT2D eigenvalue weighted by Crippen LogP contribution is 2.26. The summed E-state index contributed by atoms with van der Waals surface area (Å²) >= 11 is 0. The Morgan fingerprint density at radius 3 is 2.55 bits per heavy atom. The summed E-state index contributed by atoms with van der Waals surface area (Å²) < 4.78 is 28.9. The molecule has 0 saturated carbocycles. The second kappa shape index (κ2) is 8.18. The van der Waals surface area contributed by atoms with Crippen LogP contribution in [0.25, 0.3) is 5.69 Å². The smallest absolute Gasteiger partial charge is 0.243 e. The quantitative estimate of drug-likeness (QED) is 0.701. The molecule has 1 fully saturated rings. The summed E-state index contributed by atoms with van der Waals surface area (Å²) in [5.74, 6) is -0.592. The molecule has 1 N–H and O–H groups in total. The van der Waals surface area contributed by atoms with Crippen LogP contribution in [0.3, 0.4) is 0 Å². The molecule has 0 bridgehead atoms. The topological polar surface area (TPSA) is 84.3 Å². The highest BCUT2D eigenvalue weighted by Gasteiger charge is 2.33. The highest BCUT2D eigenvalue weighted by molar-refractivity contribution is 7.89. The Bertz CT molecular complexity index is 1080. The summed E-state index contributed by atoms with van der Waals surface area (Å²) in [5.41, 5.74) is 1.40. The monoisotopic (exact) mass is 410 g/mol. The van der Waals surface area contributed by atoms with Crippen LogP contribution in [0.2, 0.25) is 0 Å². The molecule has 3 aromatic rings. The average Bonchev–Trinajstić information content (AvgIpc) is 3.29. The van der Waals surface area contributed by atoms with Gasteiger partial charge in [0.25, 0.3) is 0 Å². The zero-order chi connectivity index (χ0) is 20.3. The van der Waals surface area contributed by atoms with E-state index in [2.05, 4.69) is 10.4 Å². The van der Waals surface area contributed by atoms with E-state index in [4.69, 9.17) is 0 Å². The number of carbonyl (C=O) groups excluding carboxylic acids is 1. The van der Waals surface area contributed by atoms with Crippen LogP contribution in [-0.2, 0) is 14.8 Å². The molecule has 1 aliphatic rings. The van der Waals surface area contributed by atoms with Gasteiger partial charge in [0, 0.05) is 25.5 Å². The number of hydrogen-bond acceptors (Lipinski definition) is 4. The molecule has 1 saturated heterocycles. The molecule has 29 heavy (non-hydrogen) atoms. The number of benzene rings is 2. The molecule has 0 spiro atoms. The van der Waals surface area contributed by atoms with Crippen molar-refractivity contribution >= 4 is 21.6 Å². The Hall–Kier alpha value is -2.97. The molecule has 0 aliphatic carbocycles. The number of piperidine rings is 1. The number of aromatic nitrogens is 2. The fourth-order valence-corrected chi connectivity index (χ4v) is 5.09. The molecular weight excluding hydrogens is 388 g/mol. The van der Waals surface area contributed by atoms with Crippen molar-refractivity contribution in [1.29, 1.82) is 0 Å². The van der Waals surface area contributed by atoms with Crippen molar-refractivity contribution in [2.24, 2.45) is 5.92 Å². The molecule has 150 valence electrons. The third kappa shape index (κ3) is 4.08. The highest BCUT2D eigenvalue weighted by atomic mass is 32.2. The summed E-state index contributed by atoms with van der Waals surface area (Å²) in [4.78, 5) is 13.2. The van der Waals surface area contributed by atoms with Gasteiger partial charge in [0.2, 0.25) is 15.9 Å². The van der Waals surface area contributed by atoms with Gasteiger partial charge < -0.3 is 5.32 Å². The SMILES string of the molecule is O=C(Nc1ccccc1-n1cccn1)C1CCCN(S(=O)(=O)c2ccccc2)C1. The van der Waals surface area contributed by atoms with Crippen molar-refractivity contribution in [3.8, 4) is 5.69 Å². The van der Waals surface area contributed by atoms with E-state index in [1.807, 2.05) is 30.3 Å². The average molecular weight is 410 g/mol. The zero-order valence-corrected chi connectivity index (χ0v) is 16.6. The van der Waals surface area contributed by atoms with Gasteiger partial charge in [-0.2, -0.15) is 9.40 Å². The standard InChI is InChI=1S/C21H22N4O3S/c26-21(23-19-11-4-5-12-20(19)25-15-7-13-22-25)17-8-6-14-24(16-17)29(27,28)18-9-2-1-3-10-18/h1-5,7,9-13,15,17H,6,8,14,16H2,(H,23,26). The minimum atomic E-state index is -3.61. The van der Waals surface area contributed by atoms with Crippen molar-refractivity contribution in [2.45, 2.75) is 17.7 Å². The molecule has 1 unspecified atom stereocenters. The van der Waals surface area contributed by atoms with Crippen LogP contribution in [-0.4, -0.2) is 41.5 Å². The normalized spacial score (nSPS) is 17.7. The number of rotatable bonds is 5. The summed E-state index contributed by atoms with van der Waals surface area (Å²) in [6.45, 7) is 0.595. The van der Waals surface area contributed by atoms with E-state index < -0.39 is 15.9 Å². The number of carbonyl (C=O) groups is 1. The molecule has 8 heteroatoms. The third-order valence-electron chi connectivity index (χ3n) is 5.05. The van der Waals surface area contributed by atoms with Crippen LogP contribution in [0.4, 0.5) is 5.69 Å². The number of anilines is 1. The summed E-state index contributed by atoms with van der Waals surface area (Å²) in [6, 6.07) is 17.6. The van der Waals surface area contributed by atoms with Crippen LogP contribution >= 0.6 is 0 Å². The number of sulfonamides is 1. The molecule has 7 nitrogen and oxygen atoms in total. The van der Waals surface area contributed by atoms with Gasteiger partial charge in [-0.1, -0.05) is 30.3 Å². The number of para-hydroxylation sites is 2. The molecule has 1 aliphatic heterocycles. The van der Waals surface area contributed by atoms with Crippen LogP contribution in [0, 0.1) is 5.92 Å². The van der Waals surface area contributed by atoms with E-state index in [0.717, 1.165) is 5.69 Å². The number of amides is 1. The zero-order valence-electron chi connectivity index (χ0n) is 15.8. The van der Waals surface area contributed by atoms with Crippen molar-refractivity contribution < 1.29 is 13.2 Å². The van der Waals surface area contributed by atoms with Crippen molar-refractivity contribution in [1.82, 2.24) is 14.1 Å². The number of nitrogens with zero attached hydrogens (tertiary/aromatic N) is 3. The van der Waals surface area contributed by atoms with E-state index in [9.17, 15) is 13.2 Å². The molecular formula is C21H22N4O3S. The molecule has 4 rings (SSSR count). The van der Waals surface area contributed by atoms with E-state index in [-0.39, 0.29) is 17.3 Å². The third-order valence-corrected chi connectivity index (χ3v) is 6.93. The van der Waals surface area contributed by atoms with E-state index >= 15 is 0 Å². The Morgan fingerprint density at radius 1 is 1.03 bits per heavy atom. The predicted octanol–water partition coefficient (Wildman–Crippen LogP) is 2.91. The van der Waals surface area contributed by atoms with Crippen molar-refractivity contribution in [2.75, 3.05) is 18.4 Å². The van der Waals surface area contributed by atoms with Gasteiger partial charge in [-0.15, -0.1) is 0 Å². The van der Waals surface area contributed by atoms with E-state index in [1.54, 1.807) is 47.4 Å². The molecule has 2 heterocycles. The number of nitrogens with one attached hydrogen (secondary N) is 1. The van der Waals surface area contributed by atoms with Gasteiger partial charge in [0.15, 0.2) is 0 Å². The Kier molecular flexibility index (Phi) is 5.46. The van der Waals surface area contributed by atoms with Crippen LogP contribution in [0.15, 0.2) is 78.0 Å². The molecule has 1 aromatic heterocycles. The van der Waals surface area contributed by atoms with Crippen molar-refractivity contribution in [3.63, 3.8) is 0 Å². The number of hydrogen-bond donors (Lipinski definition) is 1. The van der Waals surface area contributed by atoms with E-state index in [0.29, 0.717) is 25.1 Å². The second-order valence-electron chi connectivity index (χ2n) is 6.97. The van der Waals surface area contributed by atoms with Gasteiger partial charge in [0.1, 0.15) is 0 Å². The lowest BCUT2D eigenvalue weighted by Crippen LogP contribution is -2.43. The van der Waals surface area contributed by atoms with Gasteiger partial charge in [-0.3, -0.25) is 4.79 Å². The molecule has 1 atom stereocenters. The summed E-state index contributed by atoms with van der Waals surface area (Å²) in [5, 5.41) is 7.18. The van der Waals surface area contributed by atoms with Crippen molar-refractivity contribution in [3.05, 3.63) is 73.1 Å². The van der Waals surface area contributed by atoms with Gasteiger partial charge in [-0.05, 0) is 43.2 Å². The Labute approximate surface area is 170 Å². The first kappa shape index (κ1) is 19.4. The Balaban J connectivity index is 1.51. The maximum absolute atomic E-state index is 12.9. The Morgan fingerprint density at radius 2 is 1.79 bits per heavy atom. The molecule has 0 radical (unpaired) electrons. The van der Waals surface area contributed by atoms with Crippen LogP contribution in [0.1, 0.15) is 12.8 Å². The summed E-state index contributed by atoms with van der Waals surface area (Å²) in [6.07, 6.45) is 4.77. The summed E-state index contributed by atoms with van der Waals surface area (Å²) in [7, 11) is -3.61. The van der Waals surface area contributed by atoms with Gasteiger partial charge in [0.05, 0.1) is 22.2 Å². The second-order valence-corrected chi connectivity index (χ2v) is 8.91. The molecule has 1 amide bonds.